The van der Waals surface area contributed by atoms with Crippen molar-refractivity contribution in [2.24, 2.45) is 17.8 Å². The maximum atomic E-state index is 13.8. The van der Waals surface area contributed by atoms with Crippen LogP contribution in [0, 0.1) is 17.8 Å². The van der Waals surface area contributed by atoms with Gasteiger partial charge in [-0.3, -0.25) is 14.7 Å². The Balaban J connectivity index is 1.41. The maximum Gasteiger partial charge on any atom is 0.350 e. The van der Waals surface area contributed by atoms with E-state index in [1.165, 1.54) is 24.6 Å². The highest BCUT2D eigenvalue weighted by Crippen LogP contribution is 2.41. The molecule has 194 valence electrons. The smallest absolute Gasteiger partial charge is 0.350 e. The summed E-state index contributed by atoms with van der Waals surface area (Å²) in [7, 11) is 1.37. The second kappa shape index (κ2) is 10.9. The van der Waals surface area contributed by atoms with Gasteiger partial charge in [0.15, 0.2) is 0 Å². The van der Waals surface area contributed by atoms with E-state index in [9.17, 15) is 14.4 Å². The van der Waals surface area contributed by atoms with Gasteiger partial charge in [-0.05, 0) is 80.2 Å². The molecule has 3 aromatic rings. The molecular formula is C28H32N4O4S. The number of hydrogen-bond donors (Lipinski definition) is 2. The van der Waals surface area contributed by atoms with Crippen molar-refractivity contribution in [3.63, 3.8) is 0 Å². The monoisotopic (exact) mass is 520 g/mol. The van der Waals surface area contributed by atoms with Gasteiger partial charge in [0.05, 0.1) is 12.8 Å². The number of ether oxygens (including phenoxy) is 1. The van der Waals surface area contributed by atoms with Gasteiger partial charge in [0.1, 0.15) is 10.6 Å². The number of amides is 2. The van der Waals surface area contributed by atoms with Crippen LogP contribution >= 0.6 is 11.3 Å². The normalized spacial score (nSPS) is 19.3. The van der Waals surface area contributed by atoms with Crippen molar-refractivity contribution in [1.82, 2.24) is 10.2 Å². The quantitative estimate of drug-likeness (QED) is 0.368. The first kappa shape index (κ1) is 25.2. The number of rotatable bonds is 8. The molecule has 2 amide bonds. The summed E-state index contributed by atoms with van der Waals surface area (Å²) in [6.45, 7) is 2.89. The molecular weight excluding hydrogens is 488 g/mol. The highest BCUT2D eigenvalue weighted by Gasteiger charge is 2.35. The second-order valence-corrected chi connectivity index (χ2v) is 11.2. The Morgan fingerprint density at radius 1 is 1.08 bits per heavy atom. The molecule has 9 heteroatoms. The molecule has 2 N–H and O–H groups in total. The number of esters is 1. The molecule has 2 aliphatic carbocycles. The van der Waals surface area contributed by atoms with Crippen molar-refractivity contribution < 1.29 is 19.1 Å². The van der Waals surface area contributed by atoms with Crippen LogP contribution in [0.3, 0.4) is 0 Å². The number of carbonyl (C=O) groups excluding carboxylic acids is 3. The summed E-state index contributed by atoms with van der Waals surface area (Å²) in [5, 5.41) is 9.28. The molecule has 37 heavy (non-hydrogen) atoms. The number of anilines is 2. The zero-order valence-corrected chi connectivity index (χ0v) is 22.0. The number of aromatic amines is 1. The summed E-state index contributed by atoms with van der Waals surface area (Å²) in [5.74, 6) is 0.569. The molecule has 0 atom stereocenters. The van der Waals surface area contributed by atoms with Crippen LogP contribution < -0.4 is 10.2 Å². The molecule has 2 saturated carbocycles. The van der Waals surface area contributed by atoms with E-state index in [2.05, 4.69) is 22.4 Å². The molecule has 0 bridgehead atoms. The first-order chi connectivity index (χ1) is 17.9. The Morgan fingerprint density at radius 2 is 1.81 bits per heavy atom. The molecule has 2 aliphatic rings. The third-order valence-electron chi connectivity index (χ3n) is 7.32. The van der Waals surface area contributed by atoms with Gasteiger partial charge in [-0.1, -0.05) is 19.1 Å². The van der Waals surface area contributed by atoms with Gasteiger partial charge in [0.2, 0.25) is 5.91 Å². The van der Waals surface area contributed by atoms with Crippen LogP contribution in [-0.4, -0.2) is 41.6 Å². The van der Waals surface area contributed by atoms with Gasteiger partial charge in [-0.2, -0.15) is 5.10 Å². The minimum absolute atomic E-state index is 0.00145. The van der Waals surface area contributed by atoms with Crippen LogP contribution in [0.4, 0.5) is 11.4 Å². The zero-order chi connectivity index (χ0) is 25.9. The number of hydrogen-bond acceptors (Lipinski definition) is 6. The van der Waals surface area contributed by atoms with E-state index in [0.717, 1.165) is 49.0 Å². The Hall–Kier alpha value is -3.46. The van der Waals surface area contributed by atoms with E-state index in [1.54, 1.807) is 6.07 Å². The molecule has 2 aromatic heterocycles. The summed E-state index contributed by atoms with van der Waals surface area (Å²) in [6, 6.07) is 11.0. The highest BCUT2D eigenvalue weighted by molar-refractivity contribution is 7.18. The van der Waals surface area contributed by atoms with Crippen LogP contribution in [0.25, 0.3) is 10.4 Å². The van der Waals surface area contributed by atoms with Crippen molar-refractivity contribution in [3.8, 4) is 10.4 Å². The molecule has 0 saturated heterocycles. The molecule has 0 aliphatic heterocycles. The van der Waals surface area contributed by atoms with Gasteiger partial charge in [0, 0.05) is 29.2 Å². The predicted octanol–water partition coefficient (Wildman–Crippen LogP) is 5.75. The summed E-state index contributed by atoms with van der Waals surface area (Å²) in [5.41, 5.74) is 2.57. The van der Waals surface area contributed by atoms with Crippen molar-refractivity contribution in [3.05, 3.63) is 53.2 Å². The number of H-pyrrole nitrogens is 1. The van der Waals surface area contributed by atoms with Crippen LogP contribution in [-0.2, 0) is 9.53 Å². The summed E-state index contributed by atoms with van der Waals surface area (Å²) < 4.78 is 5.11. The molecule has 5 rings (SSSR count). The second-order valence-electron chi connectivity index (χ2n) is 10.2. The molecule has 8 nitrogen and oxygen atoms in total. The van der Waals surface area contributed by atoms with Gasteiger partial charge in [-0.15, -0.1) is 11.3 Å². The lowest BCUT2D eigenvalue weighted by Crippen LogP contribution is -2.39. The molecule has 2 fully saturated rings. The lowest BCUT2D eigenvalue weighted by atomic mass is 9.82. The Bertz CT molecular complexity index is 1260. The van der Waals surface area contributed by atoms with E-state index in [4.69, 9.17) is 4.74 Å². The minimum Gasteiger partial charge on any atom is -0.465 e. The molecule has 0 spiro atoms. The van der Waals surface area contributed by atoms with Gasteiger partial charge < -0.3 is 15.0 Å². The fraction of sp³-hybridized carbons (Fsp3) is 0.429. The van der Waals surface area contributed by atoms with E-state index in [0.29, 0.717) is 40.3 Å². The van der Waals surface area contributed by atoms with Gasteiger partial charge in [0.25, 0.3) is 5.91 Å². The number of nitrogens with zero attached hydrogens (tertiary/aromatic N) is 2. The van der Waals surface area contributed by atoms with E-state index in [1.807, 2.05) is 35.2 Å². The maximum absolute atomic E-state index is 13.8. The number of nitrogens with one attached hydrogen (secondary N) is 2. The average molecular weight is 521 g/mol. The summed E-state index contributed by atoms with van der Waals surface area (Å²) in [6.07, 6.45) is 7.68. The number of carbonyl (C=O) groups is 3. The molecule has 1 aromatic carbocycles. The lowest BCUT2D eigenvalue weighted by Gasteiger charge is -2.31. The van der Waals surface area contributed by atoms with E-state index in [-0.39, 0.29) is 17.7 Å². The fourth-order valence-corrected chi connectivity index (χ4v) is 5.94. The van der Waals surface area contributed by atoms with E-state index < -0.39 is 5.97 Å². The van der Waals surface area contributed by atoms with Crippen LogP contribution in [0.5, 0.6) is 0 Å². The van der Waals surface area contributed by atoms with Crippen molar-refractivity contribution in [2.75, 3.05) is 23.9 Å². The molecule has 0 radical (unpaired) electrons. The lowest BCUT2D eigenvalue weighted by molar-refractivity contribution is -0.123. The van der Waals surface area contributed by atoms with Crippen molar-refractivity contribution in [2.45, 2.75) is 45.4 Å². The van der Waals surface area contributed by atoms with Crippen molar-refractivity contribution >= 4 is 40.5 Å². The number of aromatic nitrogens is 2. The largest absolute Gasteiger partial charge is 0.465 e. The number of methoxy groups -OCH3 is 1. The Kier molecular flexibility index (Phi) is 7.41. The Labute approximate surface area is 220 Å². The van der Waals surface area contributed by atoms with Crippen LogP contribution in [0.1, 0.15) is 65.6 Å². The average Bonchev–Trinajstić information content (AvgIpc) is 3.37. The molecule has 2 heterocycles. The van der Waals surface area contributed by atoms with Gasteiger partial charge >= 0.3 is 5.97 Å². The fourth-order valence-electron chi connectivity index (χ4n) is 4.85. The van der Waals surface area contributed by atoms with Gasteiger partial charge in [-0.25, -0.2) is 4.79 Å². The molecule has 0 unspecified atom stereocenters. The topological polar surface area (TPSA) is 104 Å². The third-order valence-corrected chi connectivity index (χ3v) is 8.47. The third kappa shape index (κ3) is 5.77. The van der Waals surface area contributed by atoms with E-state index >= 15 is 0 Å². The first-order valence-electron chi connectivity index (χ1n) is 12.9. The van der Waals surface area contributed by atoms with Crippen LogP contribution in [0.15, 0.2) is 42.6 Å². The predicted molar refractivity (Wildman–Crippen MR) is 144 cm³/mol. The standard InChI is InChI=1S/C28H32N4O4S/c1-17-3-7-20(8-4-17)27(34)32(16-18-5-6-18)23-15-24(37-25(23)28(35)36-2)19-9-11-21(12-10-19)30-26(33)22-13-14-29-31-22/h9-15,17-18,20H,3-8,16H2,1-2H3,(H,29,31)(H,30,33). The summed E-state index contributed by atoms with van der Waals surface area (Å²) >= 11 is 1.33. The number of benzene rings is 1. The number of thiophene rings is 1. The minimum atomic E-state index is -0.430. The summed E-state index contributed by atoms with van der Waals surface area (Å²) in [4.78, 5) is 42.0. The SMILES string of the molecule is COC(=O)c1sc(-c2ccc(NC(=O)c3ccn[nH]3)cc2)cc1N(CC1CC1)C(=O)C1CCC(C)CC1. The zero-order valence-electron chi connectivity index (χ0n) is 21.2. The van der Waals surface area contributed by atoms with Crippen LogP contribution in [0.2, 0.25) is 0 Å². The van der Waals surface area contributed by atoms with Crippen molar-refractivity contribution in [1.29, 1.82) is 0 Å². The Morgan fingerprint density at radius 3 is 2.43 bits per heavy atom. The highest BCUT2D eigenvalue weighted by atomic mass is 32.1. The first-order valence-corrected chi connectivity index (χ1v) is 13.7.